The minimum atomic E-state index is -4.63. The minimum Gasteiger partial charge on any atom is -0.321 e. The van der Waals surface area contributed by atoms with Crippen molar-refractivity contribution in [1.82, 2.24) is 15.2 Å². The van der Waals surface area contributed by atoms with Crippen LogP contribution in [0.1, 0.15) is 69.5 Å². The predicted octanol–water partition coefficient (Wildman–Crippen LogP) is 7.59. The Morgan fingerprint density at radius 3 is 2.33 bits per heavy atom. The number of hydrazone groups is 1. The Morgan fingerprint density at radius 2 is 1.64 bits per heavy atom. The summed E-state index contributed by atoms with van der Waals surface area (Å²) in [6.07, 6.45) is 2.81. The highest BCUT2D eigenvalue weighted by atomic mass is 79.9. The lowest BCUT2D eigenvalue weighted by molar-refractivity contribution is -0.137. The maximum atomic E-state index is 13.1. The summed E-state index contributed by atoms with van der Waals surface area (Å²) in [5, 5.41) is 6.14. The average Bonchev–Trinajstić information content (AvgIpc) is 3.03. The molecular weight excluding hydrogens is 671 g/mol. The summed E-state index contributed by atoms with van der Waals surface area (Å²) in [5.74, 6) is -1.04. The molecule has 5 rings (SSSR count). The van der Waals surface area contributed by atoms with E-state index in [0.29, 0.717) is 16.1 Å². The van der Waals surface area contributed by atoms with Crippen LogP contribution in [-0.2, 0) is 12.7 Å². The van der Waals surface area contributed by atoms with Gasteiger partial charge in [-0.2, -0.15) is 18.3 Å². The molecule has 238 valence electrons. The first-order chi connectivity index (χ1) is 21.6. The molecule has 2 saturated heterocycles. The van der Waals surface area contributed by atoms with Gasteiger partial charge in [-0.25, -0.2) is 5.43 Å². The zero-order chi connectivity index (χ0) is 32.0. The lowest BCUT2D eigenvalue weighted by atomic mass is 9.99. The molecule has 3 aromatic rings. The quantitative estimate of drug-likeness (QED) is 0.187. The second-order valence-corrected chi connectivity index (χ2v) is 12.7. The van der Waals surface area contributed by atoms with Crippen LogP contribution in [0.4, 0.5) is 18.9 Å². The molecule has 0 bridgehead atoms. The number of likely N-dealkylation sites (tertiary alicyclic amines) is 2. The van der Waals surface area contributed by atoms with E-state index in [0.717, 1.165) is 43.5 Å². The normalized spacial score (nSPS) is 17.0. The fourth-order valence-corrected chi connectivity index (χ4v) is 6.41. The third-order valence-corrected chi connectivity index (χ3v) is 9.06. The van der Waals surface area contributed by atoms with Gasteiger partial charge in [-0.15, -0.1) is 0 Å². The van der Waals surface area contributed by atoms with Crippen molar-refractivity contribution in [2.45, 2.75) is 50.9 Å². The van der Waals surface area contributed by atoms with Crippen LogP contribution in [0.15, 0.2) is 70.2 Å². The number of carbonyl (C=O) groups is 2. The number of rotatable bonds is 8. The van der Waals surface area contributed by atoms with Crippen LogP contribution >= 0.6 is 27.5 Å². The van der Waals surface area contributed by atoms with E-state index in [4.69, 9.17) is 11.6 Å². The van der Waals surface area contributed by atoms with E-state index in [-0.39, 0.29) is 22.7 Å². The molecule has 2 amide bonds. The Kier molecular flexibility index (Phi) is 11.0. The van der Waals surface area contributed by atoms with Crippen molar-refractivity contribution in [3.63, 3.8) is 0 Å². The zero-order valence-electron chi connectivity index (χ0n) is 24.5. The predicted molar refractivity (Wildman–Crippen MR) is 174 cm³/mol. The number of halogens is 5. The third-order valence-electron chi connectivity index (χ3n) is 8.24. The van der Waals surface area contributed by atoms with Crippen LogP contribution in [0.3, 0.4) is 0 Å². The second-order valence-electron chi connectivity index (χ2n) is 11.4. The first kappa shape index (κ1) is 33.1. The van der Waals surface area contributed by atoms with Gasteiger partial charge in [0.25, 0.3) is 11.8 Å². The molecule has 0 unspecified atom stereocenters. The molecule has 2 aliphatic heterocycles. The van der Waals surface area contributed by atoms with Gasteiger partial charge in [-0.1, -0.05) is 52.2 Å². The molecule has 0 atom stereocenters. The Labute approximate surface area is 273 Å². The maximum absolute atomic E-state index is 13.1. The van der Waals surface area contributed by atoms with Gasteiger partial charge in [0.1, 0.15) is 0 Å². The van der Waals surface area contributed by atoms with Gasteiger partial charge in [0.05, 0.1) is 28.1 Å². The summed E-state index contributed by atoms with van der Waals surface area (Å²) in [4.78, 5) is 31.2. The van der Waals surface area contributed by atoms with Gasteiger partial charge >= 0.3 is 6.18 Å². The zero-order valence-corrected chi connectivity index (χ0v) is 26.9. The summed E-state index contributed by atoms with van der Waals surface area (Å²) in [7, 11) is 0. The number of hydrogen-bond acceptors (Lipinski definition) is 5. The van der Waals surface area contributed by atoms with Crippen LogP contribution in [0.25, 0.3) is 0 Å². The first-order valence-electron chi connectivity index (χ1n) is 14.9. The molecule has 0 saturated carbocycles. The Bertz CT molecular complexity index is 1540. The molecule has 0 aliphatic carbocycles. The number of nitrogens with one attached hydrogen (secondary N) is 2. The Balaban J connectivity index is 1.17. The Morgan fingerprint density at radius 1 is 0.933 bits per heavy atom. The number of benzene rings is 3. The second kappa shape index (κ2) is 14.9. The van der Waals surface area contributed by atoms with Crippen molar-refractivity contribution < 1.29 is 22.8 Å². The largest absolute Gasteiger partial charge is 0.417 e. The number of alkyl halides is 3. The van der Waals surface area contributed by atoms with Crippen molar-refractivity contribution in [1.29, 1.82) is 0 Å². The van der Waals surface area contributed by atoms with Crippen molar-refractivity contribution >= 4 is 51.2 Å². The van der Waals surface area contributed by atoms with Gasteiger partial charge in [0, 0.05) is 22.6 Å². The molecule has 2 N–H and O–H groups in total. The standard InChI is InChI=1S/C33H34BrClF3N5O2/c34-25-9-11-30(27(19-25)32(45)41-39-20-23-6-10-29(35)28(18-23)33(36,37)38)40-31(44)24-7-4-22(5-8-24)21-42-16-12-26(13-17-42)43-14-2-1-3-15-43/h4-11,18-20,26H,1-3,12-17,21H2,(H,40,44)(H,41,45). The molecule has 0 aromatic heterocycles. The molecule has 3 aromatic carbocycles. The van der Waals surface area contributed by atoms with Gasteiger partial charge in [0.2, 0.25) is 0 Å². The maximum Gasteiger partial charge on any atom is 0.417 e. The molecule has 2 aliphatic rings. The highest BCUT2D eigenvalue weighted by Crippen LogP contribution is 2.35. The number of amides is 2. The van der Waals surface area contributed by atoms with Crippen LogP contribution in [-0.4, -0.2) is 60.0 Å². The topological polar surface area (TPSA) is 77.0 Å². The molecular formula is C33H34BrClF3N5O2. The van der Waals surface area contributed by atoms with Gasteiger partial charge < -0.3 is 10.2 Å². The summed E-state index contributed by atoms with van der Waals surface area (Å²) >= 11 is 8.99. The summed E-state index contributed by atoms with van der Waals surface area (Å²) < 4.78 is 40.0. The molecule has 0 spiro atoms. The van der Waals surface area contributed by atoms with E-state index >= 15 is 0 Å². The van der Waals surface area contributed by atoms with E-state index in [1.807, 2.05) is 12.1 Å². The highest BCUT2D eigenvalue weighted by Gasteiger charge is 2.33. The van der Waals surface area contributed by atoms with E-state index in [2.05, 4.69) is 41.6 Å². The number of piperidine rings is 2. The lowest BCUT2D eigenvalue weighted by Crippen LogP contribution is -2.46. The smallest absolute Gasteiger partial charge is 0.321 e. The third kappa shape index (κ3) is 8.94. The molecule has 12 heteroatoms. The monoisotopic (exact) mass is 703 g/mol. The summed E-state index contributed by atoms with van der Waals surface area (Å²) in [6.45, 7) is 5.42. The summed E-state index contributed by atoms with van der Waals surface area (Å²) in [6, 6.07) is 16.2. The number of anilines is 1. The van der Waals surface area contributed by atoms with E-state index in [1.165, 1.54) is 57.3 Å². The average molecular weight is 705 g/mol. The van der Waals surface area contributed by atoms with Gasteiger partial charge in [0.15, 0.2) is 0 Å². The van der Waals surface area contributed by atoms with Crippen molar-refractivity contribution in [3.05, 3.63) is 98.0 Å². The van der Waals surface area contributed by atoms with E-state index in [1.54, 1.807) is 24.3 Å². The number of carbonyl (C=O) groups excluding carboxylic acids is 2. The summed E-state index contributed by atoms with van der Waals surface area (Å²) in [5.41, 5.74) is 3.34. The Hall–Kier alpha value is -3.25. The fourth-order valence-electron chi connectivity index (χ4n) is 5.82. The molecule has 7 nitrogen and oxygen atoms in total. The molecule has 45 heavy (non-hydrogen) atoms. The van der Waals surface area contributed by atoms with Crippen LogP contribution in [0, 0.1) is 0 Å². The number of nitrogens with zero attached hydrogens (tertiary/aromatic N) is 3. The van der Waals surface area contributed by atoms with Crippen molar-refractivity contribution in [2.24, 2.45) is 5.10 Å². The molecule has 0 radical (unpaired) electrons. The van der Waals surface area contributed by atoms with Crippen LogP contribution in [0.2, 0.25) is 5.02 Å². The van der Waals surface area contributed by atoms with Gasteiger partial charge in [-0.3, -0.25) is 14.5 Å². The molecule has 2 fully saturated rings. The number of hydrogen-bond donors (Lipinski definition) is 2. The SMILES string of the molecule is O=C(Nc1ccc(Br)cc1C(=O)NN=Cc1ccc(Cl)c(C(F)(F)F)c1)c1ccc(CN2CCC(N3CCCCC3)CC2)cc1. The molecule has 2 heterocycles. The fraction of sp³-hybridized carbons (Fsp3) is 0.364. The van der Waals surface area contributed by atoms with Gasteiger partial charge in [-0.05, 0) is 105 Å². The minimum absolute atomic E-state index is 0.0974. The lowest BCUT2D eigenvalue weighted by Gasteiger charge is -2.40. The first-order valence-corrected chi connectivity index (χ1v) is 16.1. The van der Waals surface area contributed by atoms with Crippen LogP contribution in [0.5, 0.6) is 0 Å². The van der Waals surface area contributed by atoms with E-state index < -0.39 is 22.7 Å². The highest BCUT2D eigenvalue weighted by molar-refractivity contribution is 9.10. The van der Waals surface area contributed by atoms with Crippen molar-refractivity contribution in [3.8, 4) is 0 Å². The van der Waals surface area contributed by atoms with Crippen molar-refractivity contribution in [2.75, 3.05) is 31.5 Å². The van der Waals surface area contributed by atoms with Crippen LogP contribution < -0.4 is 10.7 Å². The van der Waals surface area contributed by atoms with E-state index in [9.17, 15) is 22.8 Å².